The van der Waals surface area contributed by atoms with Gasteiger partial charge in [-0.2, -0.15) is 0 Å². The van der Waals surface area contributed by atoms with Crippen LogP contribution >= 0.6 is 11.6 Å². The Kier molecular flexibility index (Phi) is 5.56. The molecule has 1 spiro atoms. The van der Waals surface area contributed by atoms with Crippen molar-refractivity contribution in [3.63, 3.8) is 0 Å². The zero-order chi connectivity index (χ0) is 22.3. The largest absolute Gasteiger partial charge is 0.465 e. The molecule has 2 fully saturated rings. The summed E-state index contributed by atoms with van der Waals surface area (Å²) in [5.41, 5.74) is -0.277. The Morgan fingerprint density at radius 3 is 2.52 bits per heavy atom. The molecule has 2 aliphatic rings. The van der Waals surface area contributed by atoms with Gasteiger partial charge < -0.3 is 18.9 Å². The van der Waals surface area contributed by atoms with Crippen molar-refractivity contribution in [3.8, 4) is 0 Å². The van der Waals surface area contributed by atoms with Crippen LogP contribution in [0.1, 0.15) is 39.8 Å². The number of carbonyl (C=O) groups is 3. The third kappa shape index (κ3) is 3.72. The summed E-state index contributed by atoms with van der Waals surface area (Å²) in [5, 5.41) is 0.161. The molecule has 5 atom stereocenters. The molecule has 3 heterocycles. The summed E-state index contributed by atoms with van der Waals surface area (Å²) in [7, 11) is 0. The van der Waals surface area contributed by atoms with Crippen LogP contribution in [0.2, 0.25) is 5.15 Å². The number of carbonyl (C=O) groups excluding carboxylic acids is 3. The maximum absolute atomic E-state index is 11.9. The highest BCUT2D eigenvalue weighted by Crippen LogP contribution is 2.55. The summed E-state index contributed by atoms with van der Waals surface area (Å²) in [6.07, 6.45) is 1.15. The highest BCUT2D eigenvalue weighted by atomic mass is 35.5. The topological polar surface area (TPSA) is 132 Å². The van der Waals surface area contributed by atoms with Crippen LogP contribution in [0.25, 0.3) is 11.2 Å². The summed E-state index contributed by atoms with van der Waals surface area (Å²) in [5.74, 6) is -1.80. The zero-order valence-electron chi connectivity index (χ0n) is 17.1. The first-order chi connectivity index (χ1) is 14.7. The van der Waals surface area contributed by atoms with E-state index in [1.54, 1.807) is 4.57 Å². The highest BCUT2D eigenvalue weighted by Gasteiger charge is 2.67. The SMILES string of the molecule is CC(=O)OC[C@H]1CC[C@@]12OC(n1cnc3c(Cl)ncnc31)C(OC(C)=O)C2OC(C)=O. The van der Waals surface area contributed by atoms with Crippen LogP contribution in [0.3, 0.4) is 0 Å². The van der Waals surface area contributed by atoms with Gasteiger partial charge in [0.05, 0.1) is 12.9 Å². The maximum Gasteiger partial charge on any atom is 0.303 e. The van der Waals surface area contributed by atoms with E-state index < -0.39 is 41.9 Å². The fourth-order valence-corrected chi connectivity index (χ4v) is 4.45. The van der Waals surface area contributed by atoms with Gasteiger partial charge in [0.1, 0.15) is 17.4 Å². The molecule has 1 saturated heterocycles. The number of fused-ring (bicyclic) bond motifs is 1. The van der Waals surface area contributed by atoms with Gasteiger partial charge in [-0.05, 0) is 12.8 Å². The van der Waals surface area contributed by atoms with Gasteiger partial charge in [-0.15, -0.1) is 0 Å². The van der Waals surface area contributed by atoms with Crippen LogP contribution < -0.4 is 0 Å². The number of hydrogen-bond donors (Lipinski definition) is 0. The van der Waals surface area contributed by atoms with Gasteiger partial charge >= 0.3 is 17.9 Å². The van der Waals surface area contributed by atoms with Crippen molar-refractivity contribution < 1.29 is 33.3 Å². The van der Waals surface area contributed by atoms with Gasteiger partial charge in [0.15, 0.2) is 29.2 Å². The molecule has 2 aromatic rings. The second kappa shape index (κ2) is 8.04. The molecular weight excluding hydrogens is 432 g/mol. The second-order valence-corrected chi connectivity index (χ2v) is 7.95. The van der Waals surface area contributed by atoms with Crippen LogP contribution in [0, 0.1) is 5.92 Å². The van der Waals surface area contributed by atoms with Gasteiger partial charge in [-0.3, -0.25) is 19.0 Å². The Morgan fingerprint density at radius 1 is 1.16 bits per heavy atom. The van der Waals surface area contributed by atoms with Crippen molar-refractivity contribution in [2.75, 3.05) is 6.61 Å². The third-order valence-electron chi connectivity index (χ3n) is 5.65. The fraction of sp³-hybridized carbons (Fsp3) is 0.579. The van der Waals surface area contributed by atoms with Crippen molar-refractivity contribution in [2.45, 2.75) is 57.6 Å². The van der Waals surface area contributed by atoms with Crippen molar-refractivity contribution in [1.29, 1.82) is 0 Å². The zero-order valence-corrected chi connectivity index (χ0v) is 17.9. The van der Waals surface area contributed by atoms with E-state index in [1.165, 1.54) is 33.4 Å². The number of imidazole rings is 1. The molecule has 1 aliphatic heterocycles. The lowest BCUT2D eigenvalue weighted by molar-refractivity contribution is -0.209. The maximum atomic E-state index is 11.9. The number of hydrogen-bond acceptors (Lipinski definition) is 10. The van der Waals surface area contributed by atoms with Crippen molar-refractivity contribution in [1.82, 2.24) is 19.5 Å². The van der Waals surface area contributed by atoms with Crippen LogP contribution in [0.15, 0.2) is 12.7 Å². The Balaban J connectivity index is 1.77. The number of rotatable bonds is 5. The van der Waals surface area contributed by atoms with E-state index in [9.17, 15) is 14.4 Å². The van der Waals surface area contributed by atoms with E-state index in [1.807, 2.05) is 0 Å². The summed E-state index contributed by atoms with van der Waals surface area (Å²) in [6.45, 7) is 3.93. The molecule has 1 aliphatic carbocycles. The summed E-state index contributed by atoms with van der Waals surface area (Å²) < 4.78 is 24.4. The Morgan fingerprint density at radius 2 is 1.90 bits per heavy atom. The highest BCUT2D eigenvalue weighted by molar-refractivity contribution is 6.33. The van der Waals surface area contributed by atoms with E-state index in [-0.39, 0.29) is 17.7 Å². The van der Waals surface area contributed by atoms with Gasteiger partial charge in [0, 0.05) is 26.7 Å². The van der Waals surface area contributed by atoms with Gasteiger partial charge in [-0.25, -0.2) is 15.0 Å². The van der Waals surface area contributed by atoms with Gasteiger partial charge in [0.25, 0.3) is 0 Å². The fourth-order valence-electron chi connectivity index (χ4n) is 4.27. The molecule has 0 aromatic carbocycles. The van der Waals surface area contributed by atoms with E-state index in [0.717, 1.165) is 0 Å². The molecule has 0 N–H and O–H groups in total. The lowest BCUT2D eigenvalue weighted by Gasteiger charge is -2.48. The molecule has 31 heavy (non-hydrogen) atoms. The molecule has 0 amide bonds. The minimum atomic E-state index is -1.00. The lowest BCUT2D eigenvalue weighted by atomic mass is 9.66. The van der Waals surface area contributed by atoms with Crippen LogP contribution in [0.4, 0.5) is 0 Å². The molecular formula is C19H21ClN4O7. The van der Waals surface area contributed by atoms with Crippen LogP contribution in [-0.2, 0) is 33.3 Å². The monoisotopic (exact) mass is 452 g/mol. The molecule has 4 rings (SSSR count). The summed E-state index contributed by atoms with van der Waals surface area (Å²) in [6, 6.07) is 0. The standard InChI is InChI=1S/C19H21ClN4O7/c1-9(25)28-6-12-4-5-19(12)15(30-11(3)27)14(29-10(2)26)18(31-19)24-8-23-13-16(20)21-7-22-17(13)24/h7-8,12,14-15,18H,4-6H2,1-3H3/t12-,14?,15?,18?,19-/m1/s1. The average molecular weight is 453 g/mol. The first-order valence-electron chi connectivity index (χ1n) is 9.71. The van der Waals surface area contributed by atoms with Crippen molar-refractivity contribution in [2.24, 2.45) is 5.92 Å². The first kappa shape index (κ1) is 21.4. The number of ether oxygens (including phenoxy) is 4. The lowest BCUT2D eigenvalue weighted by Crippen LogP contribution is -2.59. The van der Waals surface area contributed by atoms with Crippen molar-refractivity contribution >= 4 is 40.7 Å². The molecule has 0 bridgehead atoms. The number of halogens is 1. The van der Waals surface area contributed by atoms with E-state index in [2.05, 4.69) is 15.0 Å². The number of aromatic nitrogens is 4. The summed E-state index contributed by atoms with van der Waals surface area (Å²) in [4.78, 5) is 47.5. The third-order valence-corrected chi connectivity index (χ3v) is 5.92. The Labute approximate surface area is 182 Å². The Hall–Kier alpha value is -2.79. The normalized spacial score (nSPS) is 29.5. The minimum Gasteiger partial charge on any atom is -0.465 e. The molecule has 3 unspecified atom stereocenters. The smallest absolute Gasteiger partial charge is 0.303 e. The van der Waals surface area contributed by atoms with Crippen LogP contribution in [0.5, 0.6) is 0 Å². The molecule has 11 nitrogen and oxygen atoms in total. The number of nitrogens with zero attached hydrogens (tertiary/aromatic N) is 4. The predicted molar refractivity (Wildman–Crippen MR) is 104 cm³/mol. The second-order valence-electron chi connectivity index (χ2n) is 7.59. The first-order valence-corrected chi connectivity index (χ1v) is 10.1. The molecule has 12 heteroatoms. The van der Waals surface area contributed by atoms with E-state index in [0.29, 0.717) is 24.0 Å². The quantitative estimate of drug-likeness (QED) is 0.374. The van der Waals surface area contributed by atoms with Gasteiger partial charge in [-0.1, -0.05) is 11.6 Å². The van der Waals surface area contributed by atoms with E-state index in [4.69, 9.17) is 30.5 Å². The van der Waals surface area contributed by atoms with E-state index >= 15 is 0 Å². The van der Waals surface area contributed by atoms with Crippen LogP contribution in [-0.4, -0.2) is 61.8 Å². The molecule has 2 aromatic heterocycles. The molecule has 0 radical (unpaired) electrons. The molecule has 1 saturated carbocycles. The molecule has 166 valence electrons. The average Bonchev–Trinajstić information content (AvgIpc) is 3.22. The minimum absolute atomic E-state index is 0.0886. The van der Waals surface area contributed by atoms with Gasteiger partial charge in [0.2, 0.25) is 0 Å². The predicted octanol–water partition coefficient (Wildman–Crippen LogP) is 1.58. The summed E-state index contributed by atoms with van der Waals surface area (Å²) >= 11 is 6.11. The van der Waals surface area contributed by atoms with Crippen molar-refractivity contribution in [3.05, 3.63) is 17.8 Å². The Bertz CT molecular complexity index is 1040. The number of esters is 3.